The van der Waals surface area contributed by atoms with Gasteiger partial charge < -0.3 is 5.32 Å². The van der Waals surface area contributed by atoms with Gasteiger partial charge in [0.25, 0.3) is 0 Å². The van der Waals surface area contributed by atoms with Gasteiger partial charge in [-0.3, -0.25) is 4.79 Å². The second-order valence-corrected chi connectivity index (χ2v) is 5.44. The number of nitrogens with zero attached hydrogens (tertiary/aromatic N) is 1. The van der Waals surface area contributed by atoms with Crippen LogP contribution in [0.5, 0.6) is 0 Å². The van der Waals surface area contributed by atoms with Crippen LogP contribution in [0, 0.1) is 0 Å². The van der Waals surface area contributed by atoms with Gasteiger partial charge in [0.15, 0.2) is 5.78 Å². The molecule has 2 aromatic carbocycles. The van der Waals surface area contributed by atoms with Gasteiger partial charge >= 0.3 is 0 Å². The number of benzene rings is 2. The zero-order valence-electron chi connectivity index (χ0n) is 12.1. The minimum absolute atomic E-state index is 0.0332. The fraction of sp³-hybridized carbons (Fsp3) is 0.111. The maximum absolute atomic E-state index is 11.6. The molecule has 4 heteroatoms. The average Bonchev–Trinajstić information content (AvgIpc) is 2.53. The summed E-state index contributed by atoms with van der Waals surface area (Å²) in [5.41, 5.74) is 3.26. The maximum atomic E-state index is 11.6. The topological polar surface area (TPSA) is 42.0 Å². The number of Topliss-reactive ketones (excluding diaryl/α,β-unsaturated/α-hetero) is 1. The second kappa shape index (κ2) is 6.16. The molecule has 0 radical (unpaired) electrons. The lowest BCUT2D eigenvalue weighted by Gasteiger charge is -2.11. The Hall–Kier alpha value is -2.39. The minimum atomic E-state index is 0.0332. The predicted molar refractivity (Wildman–Crippen MR) is 90.5 cm³/mol. The highest BCUT2D eigenvalue weighted by Crippen LogP contribution is 2.22. The summed E-state index contributed by atoms with van der Waals surface area (Å²) in [7, 11) is 0. The van der Waals surface area contributed by atoms with Gasteiger partial charge in [-0.25, -0.2) is 4.98 Å². The van der Waals surface area contributed by atoms with Crippen LogP contribution in [0.2, 0.25) is 5.15 Å². The van der Waals surface area contributed by atoms with Crippen LogP contribution >= 0.6 is 11.6 Å². The lowest BCUT2D eigenvalue weighted by atomic mass is 10.1. The Kier molecular flexibility index (Phi) is 4.07. The highest BCUT2D eigenvalue weighted by molar-refractivity contribution is 6.30. The van der Waals surface area contributed by atoms with Gasteiger partial charge in [0.1, 0.15) is 5.15 Å². The first-order chi connectivity index (χ1) is 10.6. The Balaban J connectivity index is 1.88. The van der Waals surface area contributed by atoms with Gasteiger partial charge in [-0.05, 0) is 31.2 Å². The van der Waals surface area contributed by atoms with E-state index in [0.717, 1.165) is 22.2 Å². The predicted octanol–water partition coefficient (Wildman–Crippen LogP) is 4.70. The van der Waals surface area contributed by atoms with Crippen LogP contribution in [-0.2, 0) is 6.54 Å². The van der Waals surface area contributed by atoms with Crippen molar-refractivity contribution in [1.29, 1.82) is 0 Å². The van der Waals surface area contributed by atoms with Crippen molar-refractivity contribution in [3.05, 3.63) is 70.9 Å². The Morgan fingerprint density at radius 2 is 1.86 bits per heavy atom. The summed E-state index contributed by atoms with van der Waals surface area (Å²) in [6.07, 6.45) is 0. The molecule has 0 saturated heterocycles. The van der Waals surface area contributed by atoms with Crippen LogP contribution < -0.4 is 5.32 Å². The van der Waals surface area contributed by atoms with E-state index in [2.05, 4.69) is 10.3 Å². The number of hydrogen-bond acceptors (Lipinski definition) is 3. The Labute approximate surface area is 133 Å². The average molecular weight is 311 g/mol. The molecule has 0 atom stereocenters. The number of aromatic nitrogens is 1. The molecular formula is C18H15ClN2O. The number of pyridine rings is 1. The van der Waals surface area contributed by atoms with Crippen LogP contribution in [0.4, 0.5) is 5.69 Å². The number of ketones is 1. The molecule has 0 bridgehead atoms. The third kappa shape index (κ3) is 2.95. The first kappa shape index (κ1) is 14.5. The van der Waals surface area contributed by atoms with Crippen LogP contribution in [-0.4, -0.2) is 10.8 Å². The molecule has 0 saturated carbocycles. The molecular weight excluding hydrogens is 296 g/mol. The number of carbonyl (C=O) groups excluding carboxylic acids is 1. The quantitative estimate of drug-likeness (QED) is 0.561. The molecule has 1 N–H and O–H groups in total. The molecule has 0 spiro atoms. The first-order valence-corrected chi connectivity index (χ1v) is 7.41. The van der Waals surface area contributed by atoms with Crippen molar-refractivity contribution in [2.75, 3.05) is 5.32 Å². The van der Waals surface area contributed by atoms with E-state index in [9.17, 15) is 4.79 Å². The summed E-state index contributed by atoms with van der Waals surface area (Å²) < 4.78 is 0. The standard InChI is InChI=1S/C18H15ClN2O/c1-12(22)15-7-3-5-9-17(15)20-11-14-10-13-6-2-4-8-16(13)21-18(14)19/h2-10,20H,11H2,1H3. The van der Waals surface area contributed by atoms with E-state index in [1.165, 1.54) is 0 Å². The van der Waals surface area contributed by atoms with Crippen molar-refractivity contribution in [3.8, 4) is 0 Å². The Morgan fingerprint density at radius 3 is 2.68 bits per heavy atom. The highest BCUT2D eigenvalue weighted by atomic mass is 35.5. The first-order valence-electron chi connectivity index (χ1n) is 7.03. The summed E-state index contributed by atoms with van der Waals surface area (Å²) in [4.78, 5) is 16.0. The number of fused-ring (bicyclic) bond motifs is 1. The zero-order chi connectivity index (χ0) is 15.5. The van der Waals surface area contributed by atoms with Gasteiger partial charge in [0, 0.05) is 28.7 Å². The van der Waals surface area contributed by atoms with Crippen LogP contribution in [0.1, 0.15) is 22.8 Å². The number of hydrogen-bond donors (Lipinski definition) is 1. The lowest BCUT2D eigenvalue weighted by Crippen LogP contribution is -2.05. The molecule has 3 aromatic rings. The van der Waals surface area contributed by atoms with Crippen molar-refractivity contribution in [3.63, 3.8) is 0 Å². The van der Waals surface area contributed by atoms with E-state index in [4.69, 9.17) is 11.6 Å². The van der Waals surface area contributed by atoms with Crippen LogP contribution in [0.3, 0.4) is 0 Å². The fourth-order valence-corrected chi connectivity index (χ4v) is 2.61. The number of rotatable bonds is 4. The molecule has 0 aliphatic heterocycles. The Morgan fingerprint density at radius 1 is 1.14 bits per heavy atom. The number of anilines is 1. The molecule has 22 heavy (non-hydrogen) atoms. The molecule has 0 fully saturated rings. The van der Waals surface area contributed by atoms with E-state index in [1.807, 2.05) is 54.6 Å². The summed E-state index contributed by atoms with van der Waals surface area (Å²) in [6.45, 7) is 2.08. The van der Waals surface area contributed by atoms with Crippen molar-refractivity contribution < 1.29 is 4.79 Å². The summed E-state index contributed by atoms with van der Waals surface area (Å²) >= 11 is 6.25. The van der Waals surface area contributed by atoms with E-state index in [-0.39, 0.29) is 5.78 Å². The van der Waals surface area contributed by atoms with Crippen molar-refractivity contribution in [1.82, 2.24) is 4.98 Å². The highest BCUT2D eigenvalue weighted by Gasteiger charge is 2.08. The van der Waals surface area contributed by atoms with Gasteiger partial charge in [-0.15, -0.1) is 0 Å². The summed E-state index contributed by atoms with van der Waals surface area (Å²) in [5.74, 6) is 0.0332. The van der Waals surface area contributed by atoms with Gasteiger partial charge in [-0.2, -0.15) is 0 Å². The second-order valence-electron chi connectivity index (χ2n) is 5.09. The number of halogens is 1. The van der Waals surface area contributed by atoms with Gasteiger partial charge in [0.2, 0.25) is 0 Å². The number of para-hydroxylation sites is 2. The molecule has 0 amide bonds. The van der Waals surface area contributed by atoms with Crippen molar-refractivity contribution in [2.24, 2.45) is 0 Å². The lowest BCUT2D eigenvalue weighted by molar-refractivity contribution is 0.101. The zero-order valence-corrected chi connectivity index (χ0v) is 12.9. The fourth-order valence-electron chi connectivity index (χ4n) is 2.39. The third-order valence-electron chi connectivity index (χ3n) is 3.53. The number of nitrogens with one attached hydrogen (secondary N) is 1. The molecule has 1 heterocycles. The molecule has 3 nitrogen and oxygen atoms in total. The minimum Gasteiger partial charge on any atom is -0.380 e. The number of carbonyl (C=O) groups is 1. The normalized spacial score (nSPS) is 10.6. The van der Waals surface area contributed by atoms with E-state index in [1.54, 1.807) is 6.92 Å². The smallest absolute Gasteiger partial charge is 0.161 e. The van der Waals surface area contributed by atoms with E-state index in [0.29, 0.717) is 17.3 Å². The third-order valence-corrected chi connectivity index (χ3v) is 3.85. The SMILES string of the molecule is CC(=O)c1ccccc1NCc1cc2ccccc2nc1Cl. The molecule has 0 aliphatic rings. The van der Waals surface area contributed by atoms with Gasteiger partial charge in [-0.1, -0.05) is 41.9 Å². The van der Waals surface area contributed by atoms with Crippen molar-refractivity contribution >= 4 is 34.0 Å². The summed E-state index contributed by atoms with van der Waals surface area (Å²) in [5, 5.41) is 4.79. The van der Waals surface area contributed by atoms with Crippen LogP contribution in [0.15, 0.2) is 54.6 Å². The van der Waals surface area contributed by atoms with Crippen LogP contribution in [0.25, 0.3) is 10.9 Å². The van der Waals surface area contributed by atoms with Crippen molar-refractivity contribution in [2.45, 2.75) is 13.5 Å². The largest absolute Gasteiger partial charge is 0.380 e. The van der Waals surface area contributed by atoms with Gasteiger partial charge in [0.05, 0.1) is 5.52 Å². The molecule has 0 aliphatic carbocycles. The molecule has 110 valence electrons. The molecule has 1 aromatic heterocycles. The summed E-state index contributed by atoms with van der Waals surface area (Å²) in [6, 6.07) is 17.3. The Bertz CT molecular complexity index is 845. The molecule has 3 rings (SSSR count). The molecule has 0 unspecified atom stereocenters. The monoisotopic (exact) mass is 310 g/mol. The van der Waals surface area contributed by atoms with E-state index >= 15 is 0 Å². The van der Waals surface area contributed by atoms with E-state index < -0.39 is 0 Å². The maximum Gasteiger partial charge on any atom is 0.161 e.